The number of hydrogen-bond acceptors (Lipinski definition) is 4. The van der Waals surface area contributed by atoms with Crippen molar-refractivity contribution in [2.24, 2.45) is 0 Å². The zero-order valence-electron chi connectivity index (χ0n) is 15.6. The van der Waals surface area contributed by atoms with E-state index in [0.717, 1.165) is 39.1 Å². The van der Waals surface area contributed by atoms with Gasteiger partial charge in [-0.15, -0.1) is 0 Å². The minimum Gasteiger partial charge on any atom is -0.346 e. The van der Waals surface area contributed by atoms with E-state index in [1.807, 2.05) is 43.5 Å². The van der Waals surface area contributed by atoms with Gasteiger partial charge in [0.15, 0.2) is 5.82 Å². The van der Waals surface area contributed by atoms with Crippen molar-refractivity contribution >= 4 is 11.0 Å². The Balaban J connectivity index is 1.68. The molecule has 5 nitrogen and oxygen atoms in total. The number of hydrogen-bond donors (Lipinski definition) is 1. The Bertz CT molecular complexity index is 1320. The highest BCUT2D eigenvalue weighted by Gasteiger charge is 2.14. The maximum atomic E-state index is 13.3. The lowest BCUT2D eigenvalue weighted by molar-refractivity contribution is 0.628. The molecule has 0 radical (unpaired) electrons. The van der Waals surface area contributed by atoms with E-state index in [-0.39, 0.29) is 5.82 Å². The van der Waals surface area contributed by atoms with Crippen LogP contribution >= 0.6 is 0 Å². The summed E-state index contributed by atoms with van der Waals surface area (Å²) < 4.78 is 13.3. The second-order valence-electron chi connectivity index (χ2n) is 6.77. The third kappa shape index (κ3) is 3.25. The number of rotatable bonds is 3. The summed E-state index contributed by atoms with van der Waals surface area (Å²) in [6.07, 6.45) is 5.37. The van der Waals surface area contributed by atoms with Gasteiger partial charge in [-0.25, -0.2) is 19.3 Å². The molecule has 1 N–H and O–H groups in total. The molecule has 4 aromatic heterocycles. The van der Waals surface area contributed by atoms with Crippen molar-refractivity contribution in [3.05, 3.63) is 84.7 Å². The van der Waals surface area contributed by atoms with Crippen LogP contribution in [0.1, 0.15) is 5.69 Å². The molecular formula is C23H16FN5. The molecule has 5 aromatic rings. The van der Waals surface area contributed by atoms with Crippen LogP contribution in [0.3, 0.4) is 0 Å². The van der Waals surface area contributed by atoms with Gasteiger partial charge in [-0.2, -0.15) is 0 Å². The topological polar surface area (TPSA) is 67.3 Å². The molecule has 0 aliphatic carbocycles. The fourth-order valence-corrected chi connectivity index (χ4v) is 3.31. The zero-order valence-corrected chi connectivity index (χ0v) is 15.6. The molecule has 0 aliphatic heterocycles. The minimum atomic E-state index is -0.266. The van der Waals surface area contributed by atoms with Crippen LogP contribution in [0.15, 0.2) is 73.2 Å². The van der Waals surface area contributed by atoms with Crippen LogP contribution in [0.4, 0.5) is 4.39 Å². The summed E-state index contributed by atoms with van der Waals surface area (Å²) in [6.45, 7) is 1.94. The van der Waals surface area contributed by atoms with Gasteiger partial charge in [-0.1, -0.05) is 18.2 Å². The number of fused-ring (bicyclic) bond motifs is 1. The number of H-pyrrole nitrogens is 1. The number of pyridine rings is 2. The highest BCUT2D eigenvalue weighted by atomic mass is 19.1. The smallest absolute Gasteiger partial charge is 0.180 e. The summed E-state index contributed by atoms with van der Waals surface area (Å²) in [5, 5.41) is 0.902. The highest BCUT2D eigenvalue weighted by molar-refractivity contribution is 5.92. The predicted octanol–water partition coefficient (Wildman–Crippen LogP) is 5.20. The van der Waals surface area contributed by atoms with Crippen LogP contribution in [-0.2, 0) is 0 Å². The molecule has 4 heterocycles. The lowest BCUT2D eigenvalue weighted by Gasteiger charge is -2.08. The Labute approximate surface area is 166 Å². The summed E-state index contributed by atoms with van der Waals surface area (Å²) in [4.78, 5) is 21.5. The van der Waals surface area contributed by atoms with Crippen molar-refractivity contribution in [2.75, 3.05) is 0 Å². The van der Waals surface area contributed by atoms with Crippen LogP contribution in [0.2, 0.25) is 0 Å². The summed E-state index contributed by atoms with van der Waals surface area (Å²) in [5.41, 5.74) is 5.75. The Morgan fingerprint density at radius 1 is 0.828 bits per heavy atom. The number of aromatic nitrogens is 5. The van der Waals surface area contributed by atoms with Crippen molar-refractivity contribution < 1.29 is 4.39 Å². The Morgan fingerprint density at radius 2 is 1.66 bits per heavy atom. The van der Waals surface area contributed by atoms with Gasteiger partial charge >= 0.3 is 0 Å². The fraction of sp³-hybridized carbons (Fsp3) is 0.0435. The molecule has 0 spiro atoms. The van der Waals surface area contributed by atoms with Gasteiger partial charge in [-0.05, 0) is 48.9 Å². The van der Waals surface area contributed by atoms with Gasteiger partial charge in [0.05, 0.1) is 5.69 Å². The average molecular weight is 381 g/mol. The molecule has 0 bridgehead atoms. The summed E-state index contributed by atoms with van der Waals surface area (Å²) >= 11 is 0. The zero-order chi connectivity index (χ0) is 19.8. The van der Waals surface area contributed by atoms with Crippen molar-refractivity contribution in [1.29, 1.82) is 0 Å². The van der Waals surface area contributed by atoms with Crippen molar-refractivity contribution in [3.63, 3.8) is 0 Å². The first-order valence-corrected chi connectivity index (χ1v) is 9.18. The lowest BCUT2D eigenvalue weighted by Crippen LogP contribution is -1.97. The number of benzene rings is 1. The van der Waals surface area contributed by atoms with Crippen LogP contribution in [0.5, 0.6) is 0 Å². The third-order valence-electron chi connectivity index (χ3n) is 4.72. The van der Waals surface area contributed by atoms with Gasteiger partial charge in [0.25, 0.3) is 0 Å². The summed E-state index contributed by atoms with van der Waals surface area (Å²) in [5.74, 6) is 0.281. The lowest BCUT2D eigenvalue weighted by atomic mass is 10.0. The minimum absolute atomic E-state index is 0.266. The first-order valence-electron chi connectivity index (χ1n) is 9.18. The van der Waals surface area contributed by atoms with Crippen molar-refractivity contribution in [3.8, 4) is 33.9 Å². The Hall–Kier alpha value is -3.93. The normalized spacial score (nSPS) is 11.1. The quantitative estimate of drug-likeness (QED) is 0.467. The maximum Gasteiger partial charge on any atom is 0.180 e. The summed E-state index contributed by atoms with van der Waals surface area (Å²) in [7, 11) is 0. The number of nitrogens with one attached hydrogen (secondary N) is 1. The highest BCUT2D eigenvalue weighted by Crippen LogP contribution is 2.30. The molecule has 0 amide bonds. The van der Waals surface area contributed by atoms with E-state index in [2.05, 4.69) is 19.9 Å². The van der Waals surface area contributed by atoms with Gasteiger partial charge < -0.3 is 4.98 Å². The van der Waals surface area contributed by atoms with Crippen LogP contribution in [0.25, 0.3) is 44.9 Å². The molecule has 0 aliphatic rings. The van der Waals surface area contributed by atoms with E-state index in [1.165, 1.54) is 12.1 Å². The number of nitrogens with zero attached hydrogens (tertiary/aromatic N) is 4. The van der Waals surface area contributed by atoms with E-state index in [4.69, 9.17) is 4.98 Å². The Kier molecular flexibility index (Phi) is 4.09. The molecule has 0 atom stereocenters. The number of aryl methyl sites for hydroxylation is 1. The summed E-state index contributed by atoms with van der Waals surface area (Å²) in [6, 6.07) is 16.1. The molecule has 6 heteroatoms. The van der Waals surface area contributed by atoms with E-state index in [9.17, 15) is 4.39 Å². The molecular weight excluding hydrogens is 365 g/mol. The van der Waals surface area contributed by atoms with Crippen LogP contribution in [0, 0.1) is 12.7 Å². The maximum absolute atomic E-state index is 13.3. The third-order valence-corrected chi connectivity index (χ3v) is 4.72. The first-order chi connectivity index (χ1) is 14.2. The molecule has 0 saturated carbocycles. The monoisotopic (exact) mass is 381 g/mol. The van der Waals surface area contributed by atoms with Crippen LogP contribution in [-0.4, -0.2) is 24.9 Å². The van der Waals surface area contributed by atoms with E-state index in [1.54, 1.807) is 24.5 Å². The van der Waals surface area contributed by atoms with Gasteiger partial charge in [0.2, 0.25) is 0 Å². The second kappa shape index (κ2) is 6.91. The first kappa shape index (κ1) is 17.2. The molecule has 140 valence electrons. The van der Waals surface area contributed by atoms with E-state index in [0.29, 0.717) is 11.5 Å². The van der Waals surface area contributed by atoms with Gasteiger partial charge in [0.1, 0.15) is 17.2 Å². The van der Waals surface area contributed by atoms with E-state index >= 15 is 0 Å². The van der Waals surface area contributed by atoms with Crippen molar-refractivity contribution in [2.45, 2.75) is 6.92 Å². The molecule has 5 rings (SSSR count). The van der Waals surface area contributed by atoms with Crippen LogP contribution < -0.4 is 0 Å². The molecule has 0 saturated heterocycles. The van der Waals surface area contributed by atoms with Gasteiger partial charge in [-0.3, -0.25) is 4.98 Å². The molecule has 0 unspecified atom stereocenters. The molecule has 0 fully saturated rings. The predicted molar refractivity (Wildman–Crippen MR) is 110 cm³/mol. The van der Waals surface area contributed by atoms with E-state index < -0.39 is 0 Å². The largest absolute Gasteiger partial charge is 0.346 e. The fourth-order valence-electron chi connectivity index (χ4n) is 3.31. The molecule has 29 heavy (non-hydrogen) atoms. The Morgan fingerprint density at radius 3 is 2.48 bits per heavy atom. The average Bonchev–Trinajstić information content (AvgIpc) is 3.22. The molecule has 1 aromatic carbocycles. The second-order valence-corrected chi connectivity index (χ2v) is 6.77. The standard InChI is InChI=1S/C23H16FN5/c1-14-3-2-4-20(27-14)23-28-21(19-9-10-26-22(19)29-23)17-11-16(12-25-13-17)15-5-7-18(24)8-6-15/h2-13H,1H3,(H,26,28,29). The van der Waals surface area contributed by atoms with Gasteiger partial charge in [0, 0.05) is 40.8 Å². The number of halogens is 1. The number of aromatic amines is 1. The SMILES string of the molecule is Cc1cccc(-c2nc(-c3cncc(-c4ccc(F)cc4)c3)c3cc[nH]c3n2)n1. The van der Waals surface area contributed by atoms with Crippen molar-refractivity contribution in [1.82, 2.24) is 24.9 Å².